The summed E-state index contributed by atoms with van der Waals surface area (Å²) in [5, 5.41) is 10.1. The fraction of sp³-hybridized carbons (Fsp3) is 0. The summed E-state index contributed by atoms with van der Waals surface area (Å²) in [6, 6.07) is 137. The minimum Gasteiger partial charge on any atom is -0.228 e. The van der Waals surface area contributed by atoms with E-state index in [1.165, 1.54) is 109 Å². The quantitative estimate of drug-likeness (QED) is 0.115. The second-order valence-corrected chi connectivity index (χ2v) is 32.9. The Bertz CT molecular complexity index is 7480. The van der Waals surface area contributed by atoms with Gasteiger partial charge in [0.15, 0.2) is 11.6 Å². The number of rotatable bonds is 13. The van der Waals surface area contributed by atoms with Gasteiger partial charge in [-0.3, -0.25) is 0 Å². The fourth-order valence-electron chi connectivity index (χ4n) is 16.4. The van der Waals surface area contributed by atoms with Crippen LogP contribution >= 0.6 is 45.3 Å². The summed E-state index contributed by atoms with van der Waals surface area (Å²) in [4.78, 5) is 21.6. The normalized spacial score (nSPS) is 11.8. The third-order valence-electron chi connectivity index (χ3n) is 22.0. The molecule has 112 heavy (non-hydrogen) atoms. The first-order valence-electron chi connectivity index (χ1n) is 37.7. The summed E-state index contributed by atoms with van der Waals surface area (Å²) in [6.07, 6.45) is 0. The summed E-state index contributed by atoms with van der Waals surface area (Å²) < 4.78 is 10.2. The monoisotopic (exact) mass is 1490 g/mol. The molecular formula is C104H62N4S4. The van der Waals surface area contributed by atoms with Crippen molar-refractivity contribution in [1.82, 2.24) is 19.9 Å². The van der Waals surface area contributed by atoms with Crippen molar-refractivity contribution in [2.45, 2.75) is 0 Å². The van der Waals surface area contributed by atoms with Crippen LogP contribution < -0.4 is 0 Å². The standard InChI is InChI=1S/C104H62N4S4/c1-4-20-63(21-5-1)64-38-42-66(43-39-64)92-62-94(108-104(106-92)69-24-8-3-9-25-69)75-47-51-78(86(58-75)84-33-19-32-83-79-28-10-16-36-97(79)111-101(83)84)89-59-76(60-90-82-31-13-17-37-98(82)112-102(89)90)71-27-18-26-70(54-71)65-40-44-67(45-41-65)91-61-93(107-103(105-91)68-22-6-2-7-23-68)74-46-50-77(72-48-52-99-87(55-72)80-29-11-14-34-95(80)109-99)85(57-74)73-49-53-100-88(56-73)81-30-12-15-35-96(81)110-100/h1-62H. The lowest BCUT2D eigenvalue weighted by atomic mass is 9.88. The molecule has 0 aliphatic rings. The van der Waals surface area contributed by atoms with Gasteiger partial charge in [-0.25, -0.2) is 19.9 Å². The SMILES string of the molecule is c1ccc(-c2ccc(-c3cc(-c4ccc(-c5cc(-c6cccc(-c7ccc(-c8cc(-c9ccc(-c%10ccc%11sc%12ccccc%12c%11c%10)c(-c%10ccc%11sc%12ccccc%12c%11c%10)c9)nc(-c9ccccc9)n8)cc7)c6)cc6c5sc5ccccc56)c(-c5cccc6c5sc5ccccc56)c4)nc(-c4ccccc4)n3)cc2)cc1. The highest BCUT2D eigenvalue weighted by molar-refractivity contribution is 7.27. The molecule has 8 heteroatoms. The van der Waals surface area contributed by atoms with Crippen molar-refractivity contribution >= 4 is 126 Å². The van der Waals surface area contributed by atoms with Crippen molar-refractivity contribution < 1.29 is 0 Å². The topological polar surface area (TPSA) is 51.6 Å². The zero-order chi connectivity index (χ0) is 73.7. The van der Waals surface area contributed by atoms with Crippen LogP contribution in [0.1, 0.15) is 0 Å². The molecule has 16 aromatic carbocycles. The lowest BCUT2D eigenvalue weighted by Crippen LogP contribution is -1.97. The first kappa shape index (κ1) is 65.6. The number of benzene rings is 16. The van der Waals surface area contributed by atoms with Crippen molar-refractivity contribution in [2.75, 3.05) is 0 Å². The molecule has 0 aliphatic heterocycles. The average molecular weight is 1500 g/mol. The van der Waals surface area contributed by atoms with Crippen LogP contribution in [0, 0.1) is 0 Å². The van der Waals surface area contributed by atoms with Gasteiger partial charge in [-0.1, -0.05) is 285 Å². The van der Waals surface area contributed by atoms with Gasteiger partial charge in [0.2, 0.25) is 0 Å². The van der Waals surface area contributed by atoms with Crippen LogP contribution in [-0.2, 0) is 0 Å². The Balaban J connectivity index is 0.657. The second kappa shape index (κ2) is 27.3. The van der Waals surface area contributed by atoms with E-state index in [-0.39, 0.29) is 0 Å². The predicted octanol–water partition coefficient (Wildman–Crippen LogP) is 30.4. The van der Waals surface area contributed by atoms with E-state index < -0.39 is 0 Å². The Morgan fingerprint density at radius 2 is 0.482 bits per heavy atom. The van der Waals surface area contributed by atoms with Gasteiger partial charge in [0, 0.05) is 125 Å². The van der Waals surface area contributed by atoms with Crippen LogP contribution in [0.2, 0.25) is 0 Å². The molecule has 0 bridgehead atoms. The van der Waals surface area contributed by atoms with Crippen molar-refractivity contribution in [2.24, 2.45) is 0 Å². The molecule has 0 atom stereocenters. The molecular weight excluding hydrogens is 1430 g/mol. The summed E-state index contributed by atoms with van der Waals surface area (Å²) in [6.45, 7) is 0. The van der Waals surface area contributed by atoms with Gasteiger partial charge in [-0.2, -0.15) is 0 Å². The molecule has 0 radical (unpaired) electrons. The minimum atomic E-state index is 0.671. The van der Waals surface area contributed by atoms with Gasteiger partial charge >= 0.3 is 0 Å². The Hall–Kier alpha value is -13.4. The van der Waals surface area contributed by atoms with Crippen LogP contribution in [0.3, 0.4) is 0 Å². The van der Waals surface area contributed by atoms with Gasteiger partial charge < -0.3 is 0 Å². The summed E-state index contributed by atoms with van der Waals surface area (Å²) in [7, 11) is 0. The first-order chi connectivity index (χ1) is 55.4. The van der Waals surface area contributed by atoms with E-state index in [0.717, 1.165) is 106 Å². The lowest BCUT2D eigenvalue weighted by molar-refractivity contribution is 1.18. The van der Waals surface area contributed by atoms with E-state index in [1.807, 2.05) is 57.5 Å². The Morgan fingerprint density at radius 3 is 1.03 bits per heavy atom. The maximum atomic E-state index is 5.45. The minimum absolute atomic E-state index is 0.671. The summed E-state index contributed by atoms with van der Waals surface area (Å²) >= 11 is 7.44. The average Bonchev–Trinajstić information content (AvgIpc) is 1.51. The zero-order valence-electron chi connectivity index (χ0n) is 60.2. The van der Waals surface area contributed by atoms with Gasteiger partial charge in [0.05, 0.1) is 22.8 Å². The first-order valence-corrected chi connectivity index (χ1v) is 40.9. The molecule has 0 saturated carbocycles. The highest BCUT2D eigenvalue weighted by Gasteiger charge is 2.24. The van der Waals surface area contributed by atoms with Crippen LogP contribution in [0.15, 0.2) is 376 Å². The van der Waals surface area contributed by atoms with Crippen molar-refractivity contribution in [3.05, 3.63) is 376 Å². The maximum absolute atomic E-state index is 5.45. The molecule has 0 aliphatic carbocycles. The number of hydrogen-bond donors (Lipinski definition) is 0. The molecule has 0 N–H and O–H groups in total. The van der Waals surface area contributed by atoms with E-state index in [1.54, 1.807) is 0 Å². The van der Waals surface area contributed by atoms with Crippen molar-refractivity contribution in [3.8, 4) is 146 Å². The molecule has 522 valence electrons. The highest BCUT2D eigenvalue weighted by atomic mass is 32.1. The van der Waals surface area contributed by atoms with Gasteiger partial charge in [-0.05, 0) is 158 Å². The van der Waals surface area contributed by atoms with Crippen LogP contribution in [0.25, 0.3) is 226 Å². The van der Waals surface area contributed by atoms with Crippen molar-refractivity contribution in [1.29, 1.82) is 0 Å². The van der Waals surface area contributed by atoms with Gasteiger partial charge in [0.1, 0.15) is 0 Å². The number of nitrogens with zero attached hydrogens (tertiary/aromatic N) is 4. The largest absolute Gasteiger partial charge is 0.228 e. The number of hydrogen-bond acceptors (Lipinski definition) is 8. The summed E-state index contributed by atoms with van der Waals surface area (Å²) in [5.74, 6) is 1.35. The highest BCUT2D eigenvalue weighted by Crippen LogP contribution is 2.51. The van der Waals surface area contributed by atoms with E-state index in [2.05, 4.69) is 364 Å². The summed E-state index contributed by atoms with van der Waals surface area (Å²) in [5.41, 5.74) is 25.5. The number of thiophene rings is 4. The second-order valence-electron chi connectivity index (χ2n) is 28.7. The van der Waals surface area contributed by atoms with E-state index in [9.17, 15) is 0 Å². The van der Waals surface area contributed by atoms with Crippen LogP contribution in [0.4, 0.5) is 0 Å². The predicted molar refractivity (Wildman–Crippen MR) is 480 cm³/mol. The molecule has 0 spiro atoms. The molecule has 22 aromatic rings. The Kier molecular flexibility index (Phi) is 16.0. The Labute approximate surface area is 662 Å². The number of aromatic nitrogens is 4. The molecule has 0 fully saturated rings. The van der Waals surface area contributed by atoms with Crippen molar-refractivity contribution in [3.63, 3.8) is 0 Å². The molecule has 6 aromatic heterocycles. The van der Waals surface area contributed by atoms with Gasteiger partial charge in [-0.15, -0.1) is 45.3 Å². The van der Waals surface area contributed by atoms with Crippen LogP contribution in [-0.4, -0.2) is 19.9 Å². The van der Waals surface area contributed by atoms with Crippen LogP contribution in [0.5, 0.6) is 0 Å². The molecule has 0 amide bonds. The van der Waals surface area contributed by atoms with E-state index in [0.29, 0.717) is 11.6 Å². The third-order valence-corrected chi connectivity index (χ3v) is 26.7. The fourth-order valence-corrected chi connectivity index (χ4v) is 21.0. The molecule has 22 rings (SSSR count). The molecule has 0 unspecified atom stereocenters. The maximum Gasteiger partial charge on any atom is 0.160 e. The third kappa shape index (κ3) is 11.7. The molecule has 6 heterocycles. The van der Waals surface area contributed by atoms with E-state index in [4.69, 9.17) is 19.9 Å². The number of fused-ring (bicyclic) bond motifs is 12. The smallest absolute Gasteiger partial charge is 0.160 e. The van der Waals surface area contributed by atoms with Gasteiger partial charge in [0.25, 0.3) is 0 Å². The lowest BCUT2D eigenvalue weighted by Gasteiger charge is -2.17. The molecule has 4 nitrogen and oxygen atoms in total. The van der Waals surface area contributed by atoms with E-state index >= 15 is 0 Å². The molecule has 0 saturated heterocycles. The Morgan fingerprint density at radius 1 is 0.143 bits per heavy atom. The zero-order valence-corrected chi connectivity index (χ0v) is 63.5.